The molecular weight excluding hydrogens is 379 g/mol. The van der Waals surface area contributed by atoms with Crippen molar-refractivity contribution in [1.29, 1.82) is 0 Å². The van der Waals surface area contributed by atoms with Gasteiger partial charge in [-0.3, -0.25) is 0 Å². The molecule has 2 atom stereocenters. The monoisotopic (exact) mass is 404 g/mol. The van der Waals surface area contributed by atoms with Gasteiger partial charge in [-0.1, -0.05) is 74.2 Å². The molecule has 0 heterocycles. The zero-order valence-electron chi connectivity index (χ0n) is 15.2. The topological polar surface area (TPSA) is 80.6 Å². The molecule has 2 unspecified atom stereocenters. The summed E-state index contributed by atoms with van der Waals surface area (Å²) in [5, 5.41) is 22.4. The van der Waals surface area contributed by atoms with Crippen LogP contribution in [-0.2, 0) is 4.79 Å². The van der Waals surface area contributed by atoms with Crippen molar-refractivity contribution in [3.63, 3.8) is 0 Å². The molecule has 1 aliphatic carbocycles. The predicted molar refractivity (Wildman–Crippen MR) is 111 cm³/mol. The van der Waals surface area contributed by atoms with Gasteiger partial charge in [0, 0.05) is 4.90 Å². The molecule has 0 spiro atoms. The minimum atomic E-state index is -2.00. The fourth-order valence-corrected chi connectivity index (χ4v) is 6.17. The standard InChI is InChI=1S/C21H25O4PS/c22-20(23)21(24,13-16-6-2-1-3-7-16)14-26(25)15-27-19-11-10-17-8-4-5-9-18(17)12-19/h4-5,8-12,14,16,24H,1-3,6-7,13,15H2,(H,22,23). The first kappa shape index (κ1) is 20.3. The molecule has 1 saturated carbocycles. The molecule has 2 aromatic carbocycles. The molecule has 0 radical (unpaired) electrons. The third-order valence-corrected chi connectivity index (χ3v) is 7.97. The summed E-state index contributed by atoms with van der Waals surface area (Å²) < 4.78 is 0. The van der Waals surface area contributed by atoms with Crippen LogP contribution in [0, 0.1) is 5.92 Å². The third kappa shape index (κ3) is 5.55. The molecule has 0 amide bonds. The Morgan fingerprint density at radius 3 is 2.59 bits per heavy atom. The highest BCUT2D eigenvalue weighted by Gasteiger charge is 2.39. The van der Waals surface area contributed by atoms with Crippen LogP contribution in [0.15, 0.2) is 47.4 Å². The second-order valence-corrected chi connectivity index (χ2v) is 10.2. The van der Waals surface area contributed by atoms with E-state index in [4.69, 9.17) is 0 Å². The molecule has 1 aliphatic rings. The van der Waals surface area contributed by atoms with Crippen LogP contribution in [0.2, 0.25) is 0 Å². The molecule has 6 heteroatoms. The minimum absolute atomic E-state index is 0.157. The van der Waals surface area contributed by atoms with Gasteiger partial charge >= 0.3 is 5.97 Å². The van der Waals surface area contributed by atoms with Crippen LogP contribution in [-0.4, -0.2) is 33.1 Å². The summed E-state index contributed by atoms with van der Waals surface area (Å²) in [7, 11) is -1.94. The maximum atomic E-state index is 12.5. The first-order valence-electron chi connectivity index (χ1n) is 9.33. The SMILES string of the molecule is O=C(O)C(O)(C=[P+]([O-])CSc1ccc2ccccc2c1)CC1CCCCC1. The molecular formula is C21H25O4PS. The van der Waals surface area contributed by atoms with Crippen LogP contribution in [0.5, 0.6) is 0 Å². The van der Waals surface area contributed by atoms with Gasteiger partial charge in [-0.15, -0.1) is 0 Å². The number of hydrogen-bond acceptors (Lipinski definition) is 4. The summed E-state index contributed by atoms with van der Waals surface area (Å²) in [6.07, 6.45) is 5.35. The van der Waals surface area contributed by atoms with Gasteiger partial charge in [0.05, 0.1) is 7.77 Å². The molecule has 0 saturated heterocycles. The fourth-order valence-electron chi connectivity index (χ4n) is 3.70. The first-order valence-corrected chi connectivity index (χ1v) is 11.8. The lowest BCUT2D eigenvalue weighted by atomic mass is 9.81. The molecule has 3 rings (SSSR count). The van der Waals surface area contributed by atoms with E-state index in [2.05, 4.69) is 0 Å². The van der Waals surface area contributed by atoms with Gasteiger partial charge in [-0.05, 0) is 35.2 Å². The normalized spacial score (nSPS) is 18.4. The van der Waals surface area contributed by atoms with E-state index in [9.17, 15) is 19.9 Å². The lowest BCUT2D eigenvalue weighted by molar-refractivity contribution is -0.156. The number of aliphatic hydroxyl groups is 1. The Balaban J connectivity index is 1.66. The van der Waals surface area contributed by atoms with E-state index in [-0.39, 0.29) is 17.8 Å². The summed E-state index contributed by atoms with van der Waals surface area (Å²) in [5.74, 6) is 0.0487. The highest BCUT2D eigenvalue weighted by atomic mass is 32.2. The van der Waals surface area contributed by atoms with E-state index in [1.807, 2.05) is 42.5 Å². The number of hydrogen-bond donors (Lipinski definition) is 2. The quantitative estimate of drug-likeness (QED) is 0.533. The van der Waals surface area contributed by atoms with E-state index in [1.54, 1.807) is 0 Å². The molecule has 27 heavy (non-hydrogen) atoms. The summed E-state index contributed by atoms with van der Waals surface area (Å²) in [6, 6.07) is 14.1. The molecule has 2 N–H and O–H groups in total. The van der Waals surface area contributed by atoms with Crippen LogP contribution in [0.1, 0.15) is 38.5 Å². The maximum absolute atomic E-state index is 12.5. The Kier molecular flexibility index (Phi) is 6.93. The Bertz CT molecular complexity index is 832. The summed E-state index contributed by atoms with van der Waals surface area (Å²) in [5.41, 5.74) is -1.74. The van der Waals surface area contributed by atoms with Crippen molar-refractivity contribution in [1.82, 2.24) is 0 Å². The Labute approximate surface area is 165 Å². The zero-order valence-corrected chi connectivity index (χ0v) is 16.9. The number of thioether (sulfide) groups is 1. The molecule has 0 aliphatic heterocycles. The van der Waals surface area contributed by atoms with Crippen molar-refractivity contribution in [2.45, 2.75) is 49.0 Å². The summed E-state index contributed by atoms with van der Waals surface area (Å²) >= 11 is 1.42. The van der Waals surface area contributed by atoms with Gasteiger partial charge in [0.25, 0.3) is 0 Å². The van der Waals surface area contributed by atoms with Crippen LogP contribution in [0.3, 0.4) is 0 Å². The number of aliphatic carboxylic acids is 1. The molecule has 2 aromatic rings. The third-order valence-electron chi connectivity index (χ3n) is 5.13. The van der Waals surface area contributed by atoms with Gasteiger partial charge < -0.3 is 15.1 Å². The Morgan fingerprint density at radius 1 is 1.19 bits per heavy atom. The van der Waals surface area contributed by atoms with Crippen LogP contribution >= 0.6 is 19.5 Å². The van der Waals surface area contributed by atoms with E-state index in [0.29, 0.717) is 0 Å². The minimum Gasteiger partial charge on any atom is -0.630 e. The van der Waals surface area contributed by atoms with Gasteiger partial charge in [0.1, 0.15) is 5.80 Å². The van der Waals surface area contributed by atoms with Gasteiger partial charge in [0.2, 0.25) is 5.60 Å². The van der Waals surface area contributed by atoms with Crippen molar-refractivity contribution in [2.75, 3.05) is 5.49 Å². The van der Waals surface area contributed by atoms with Crippen LogP contribution in [0.25, 0.3) is 10.8 Å². The van der Waals surface area contributed by atoms with Gasteiger partial charge in [0.15, 0.2) is 5.49 Å². The van der Waals surface area contributed by atoms with Crippen molar-refractivity contribution in [3.05, 3.63) is 42.5 Å². The zero-order chi connectivity index (χ0) is 19.3. The number of carboxylic acids is 1. The number of fused-ring (bicyclic) bond motifs is 1. The Hall–Kier alpha value is -1.39. The summed E-state index contributed by atoms with van der Waals surface area (Å²) in [6.45, 7) is 0. The lowest BCUT2D eigenvalue weighted by Gasteiger charge is -2.27. The first-order chi connectivity index (χ1) is 13.0. The van der Waals surface area contributed by atoms with Crippen molar-refractivity contribution >= 4 is 42.1 Å². The lowest BCUT2D eigenvalue weighted by Crippen LogP contribution is -2.42. The number of carboxylic acid groups (broad SMARTS) is 1. The smallest absolute Gasteiger partial charge is 0.343 e. The molecule has 1 fully saturated rings. The van der Waals surface area contributed by atoms with E-state index in [0.717, 1.165) is 47.1 Å². The van der Waals surface area contributed by atoms with Crippen molar-refractivity contribution < 1.29 is 19.9 Å². The maximum Gasteiger partial charge on any atom is 0.343 e. The van der Waals surface area contributed by atoms with Gasteiger partial charge in [-0.2, -0.15) is 0 Å². The molecule has 0 aromatic heterocycles. The average Bonchev–Trinajstić information content (AvgIpc) is 2.67. The molecule has 4 nitrogen and oxygen atoms in total. The molecule has 144 valence electrons. The Morgan fingerprint density at radius 2 is 1.89 bits per heavy atom. The second-order valence-electron chi connectivity index (χ2n) is 7.27. The highest BCUT2D eigenvalue weighted by Crippen LogP contribution is 2.34. The highest BCUT2D eigenvalue weighted by molar-refractivity contribution is 8.04. The number of rotatable bonds is 7. The van der Waals surface area contributed by atoms with E-state index < -0.39 is 19.3 Å². The van der Waals surface area contributed by atoms with E-state index >= 15 is 0 Å². The van der Waals surface area contributed by atoms with Gasteiger partial charge in [-0.25, -0.2) is 4.79 Å². The van der Waals surface area contributed by atoms with Crippen molar-refractivity contribution in [2.24, 2.45) is 5.92 Å². The average molecular weight is 404 g/mol. The number of carbonyl (C=O) groups is 1. The largest absolute Gasteiger partial charge is 0.630 e. The van der Waals surface area contributed by atoms with Crippen molar-refractivity contribution in [3.8, 4) is 0 Å². The predicted octanol–water partition coefficient (Wildman–Crippen LogP) is 4.23. The molecule has 0 bridgehead atoms. The van der Waals surface area contributed by atoms with Crippen LogP contribution in [0.4, 0.5) is 0 Å². The second kappa shape index (κ2) is 9.20. The summed E-state index contributed by atoms with van der Waals surface area (Å²) in [4.78, 5) is 25.1. The fraction of sp³-hybridized carbons (Fsp3) is 0.429. The van der Waals surface area contributed by atoms with E-state index in [1.165, 1.54) is 18.2 Å². The number of benzene rings is 2. The van der Waals surface area contributed by atoms with Crippen LogP contribution < -0.4 is 4.89 Å².